The summed E-state index contributed by atoms with van der Waals surface area (Å²) in [6.07, 6.45) is 1.48. The van der Waals surface area contributed by atoms with Crippen molar-refractivity contribution in [3.05, 3.63) is 48.4 Å². The fourth-order valence-corrected chi connectivity index (χ4v) is 3.13. The number of hydrogen-bond donors (Lipinski definition) is 2. The van der Waals surface area contributed by atoms with Crippen LogP contribution in [0.5, 0.6) is 5.75 Å². The van der Waals surface area contributed by atoms with Crippen molar-refractivity contribution in [3.63, 3.8) is 0 Å². The highest BCUT2D eigenvalue weighted by atomic mass is 16.5. The molecule has 1 aromatic carbocycles. The van der Waals surface area contributed by atoms with E-state index in [9.17, 15) is 14.4 Å². The molecule has 2 heterocycles. The third-order valence-electron chi connectivity index (χ3n) is 4.73. The Morgan fingerprint density at radius 3 is 2.40 bits per heavy atom. The molecule has 0 atom stereocenters. The second-order valence-corrected chi connectivity index (χ2v) is 6.78. The number of hydrogen-bond acceptors (Lipinski definition) is 6. The van der Waals surface area contributed by atoms with Crippen LogP contribution >= 0.6 is 0 Å². The highest BCUT2D eigenvalue weighted by Gasteiger charge is 2.23. The van der Waals surface area contributed by atoms with Gasteiger partial charge in [-0.15, -0.1) is 0 Å². The summed E-state index contributed by atoms with van der Waals surface area (Å²) >= 11 is 0. The van der Waals surface area contributed by atoms with Crippen molar-refractivity contribution < 1.29 is 23.5 Å². The lowest BCUT2D eigenvalue weighted by Gasteiger charge is -2.34. The molecule has 0 bridgehead atoms. The Morgan fingerprint density at radius 2 is 1.77 bits per heavy atom. The number of amides is 3. The van der Waals surface area contributed by atoms with Crippen LogP contribution in [0.3, 0.4) is 0 Å². The highest BCUT2D eigenvalue weighted by Crippen LogP contribution is 2.15. The summed E-state index contributed by atoms with van der Waals surface area (Å²) in [5.74, 6) is -0.470. The zero-order valence-electron chi connectivity index (χ0n) is 16.9. The number of benzene rings is 1. The molecule has 9 heteroatoms. The van der Waals surface area contributed by atoms with Gasteiger partial charge >= 0.3 is 11.8 Å². The van der Waals surface area contributed by atoms with Crippen molar-refractivity contribution in [2.45, 2.75) is 6.92 Å². The molecule has 0 saturated carbocycles. The second kappa shape index (κ2) is 10.4. The molecule has 1 fully saturated rings. The summed E-state index contributed by atoms with van der Waals surface area (Å²) in [5, 5.41) is 5.18. The number of carbonyl (C=O) groups is 3. The van der Waals surface area contributed by atoms with E-state index >= 15 is 0 Å². The summed E-state index contributed by atoms with van der Waals surface area (Å²) in [7, 11) is 0. The van der Waals surface area contributed by atoms with Crippen molar-refractivity contribution >= 4 is 23.4 Å². The predicted molar refractivity (Wildman–Crippen MR) is 110 cm³/mol. The highest BCUT2D eigenvalue weighted by molar-refractivity contribution is 6.39. The normalized spacial score (nSPS) is 14.2. The molecule has 3 amide bonds. The van der Waals surface area contributed by atoms with E-state index in [1.807, 2.05) is 6.92 Å². The number of anilines is 1. The van der Waals surface area contributed by atoms with E-state index in [0.29, 0.717) is 63.1 Å². The van der Waals surface area contributed by atoms with Crippen molar-refractivity contribution in [3.8, 4) is 5.75 Å². The van der Waals surface area contributed by atoms with E-state index < -0.39 is 11.8 Å². The third-order valence-corrected chi connectivity index (χ3v) is 4.73. The molecule has 2 aromatic rings. The SMILES string of the molecule is CCOc1ccc(NC(=O)C(=O)NCCN2CCN(C(=O)c3ccco3)CC2)cc1. The summed E-state index contributed by atoms with van der Waals surface area (Å²) < 4.78 is 10.5. The largest absolute Gasteiger partial charge is 0.494 e. The molecular weight excluding hydrogens is 388 g/mol. The number of piperazine rings is 1. The van der Waals surface area contributed by atoms with Gasteiger partial charge in [0.2, 0.25) is 0 Å². The van der Waals surface area contributed by atoms with E-state index in [2.05, 4.69) is 15.5 Å². The molecule has 1 aliphatic rings. The maximum Gasteiger partial charge on any atom is 0.313 e. The summed E-state index contributed by atoms with van der Waals surface area (Å²) in [5.41, 5.74) is 0.524. The minimum absolute atomic E-state index is 0.112. The first-order valence-electron chi connectivity index (χ1n) is 9.94. The molecule has 0 aliphatic carbocycles. The van der Waals surface area contributed by atoms with Crippen LogP contribution in [-0.2, 0) is 9.59 Å². The second-order valence-electron chi connectivity index (χ2n) is 6.78. The van der Waals surface area contributed by atoms with Gasteiger partial charge in [-0.3, -0.25) is 19.3 Å². The summed E-state index contributed by atoms with van der Waals surface area (Å²) in [4.78, 5) is 40.2. The Hall–Kier alpha value is -3.33. The van der Waals surface area contributed by atoms with Gasteiger partial charge in [-0.2, -0.15) is 0 Å². The van der Waals surface area contributed by atoms with Gasteiger partial charge in [-0.25, -0.2) is 0 Å². The fourth-order valence-electron chi connectivity index (χ4n) is 3.13. The average Bonchev–Trinajstić information content (AvgIpc) is 3.30. The predicted octanol–water partition coefficient (Wildman–Crippen LogP) is 1.19. The topological polar surface area (TPSA) is 104 Å². The maximum absolute atomic E-state index is 12.3. The lowest BCUT2D eigenvalue weighted by atomic mass is 10.3. The standard InChI is InChI=1S/C21H26N4O5/c1-2-29-17-7-5-16(6-8-17)23-20(27)19(26)22-9-10-24-11-13-25(14-12-24)21(28)18-4-3-15-30-18/h3-8,15H,2,9-14H2,1H3,(H,22,26)(H,23,27). The number of rotatable bonds is 7. The molecule has 0 unspecified atom stereocenters. The van der Waals surface area contributed by atoms with Gasteiger partial charge in [0.15, 0.2) is 5.76 Å². The number of nitrogens with zero attached hydrogens (tertiary/aromatic N) is 2. The van der Waals surface area contributed by atoms with Crippen molar-refractivity contribution in [1.29, 1.82) is 0 Å². The average molecular weight is 414 g/mol. The van der Waals surface area contributed by atoms with Gasteiger partial charge in [-0.05, 0) is 43.3 Å². The molecule has 160 valence electrons. The number of nitrogens with one attached hydrogen (secondary N) is 2. The smallest absolute Gasteiger partial charge is 0.313 e. The molecular formula is C21H26N4O5. The Bertz CT molecular complexity index is 843. The minimum Gasteiger partial charge on any atom is -0.494 e. The van der Waals surface area contributed by atoms with Gasteiger partial charge in [-0.1, -0.05) is 0 Å². The molecule has 2 N–H and O–H groups in total. The molecule has 1 aliphatic heterocycles. The molecule has 0 radical (unpaired) electrons. The van der Waals surface area contributed by atoms with E-state index in [1.165, 1.54) is 6.26 Å². The number of furan rings is 1. The van der Waals surface area contributed by atoms with E-state index in [-0.39, 0.29) is 5.91 Å². The first-order chi connectivity index (χ1) is 14.6. The number of ether oxygens (including phenoxy) is 1. The Kier molecular flexibility index (Phi) is 7.45. The quantitative estimate of drug-likeness (QED) is 0.660. The van der Waals surface area contributed by atoms with Crippen LogP contribution in [0.1, 0.15) is 17.5 Å². The Balaban J connectivity index is 1.34. The first-order valence-corrected chi connectivity index (χ1v) is 9.94. The van der Waals surface area contributed by atoms with Gasteiger partial charge in [0.05, 0.1) is 12.9 Å². The first kappa shape index (κ1) is 21.4. The molecule has 1 saturated heterocycles. The molecule has 9 nitrogen and oxygen atoms in total. The third kappa shape index (κ3) is 5.84. The zero-order valence-corrected chi connectivity index (χ0v) is 16.9. The van der Waals surface area contributed by atoms with Crippen molar-refractivity contribution in [1.82, 2.24) is 15.1 Å². The monoisotopic (exact) mass is 414 g/mol. The van der Waals surface area contributed by atoms with Crippen LogP contribution in [-0.4, -0.2) is 73.4 Å². The molecule has 0 spiro atoms. The minimum atomic E-state index is -0.715. The van der Waals surface area contributed by atoms with Crippen molar-refractivity contribution in [2.75, 3.05) is 51.2 Å². The summed E-state index contributed by atoms with van der Waals surface area (Å²) in [6.45, 7) is 5.97. The van der Waals surface area contributed by atoms with Gasteiger partial charge in [0, 0.05) is 45.0 Å². The van der Waals surface area contributed by atoms with Crippen molar-refractivity contribution in [2.24, 2.45) is 0 Å². The Labute approximate surface area is 175 Å². The fraction of sp³-hybridized carbons (Fsp3) is 0.381. The van der Waals surface area contributed by atoms with Crippen LogP contribution in [0.25, 0.3) is 0 Å². The van der Waals surface area contributed by atoms with E-state index in [0.717, 1.165) is 0 Å². The lowest BCUT2D eigenvalue weighted by molar-refractivity contribution is -0.136. The van der Waals surface area contributed by atoms with Gasteiger partial charge in [0.25, 0.3) is 5.91 Å². The van der Waals surface area contributed by atoms with E-state index in [1.54, 1.807) is 41.3 Å². The van der Waals surface area contributed by atoms with Crippen LogP contribution in [0, 0.1) is 0 Å². The molecule has 1 aromatic heterocycles. The maximum atomic E-state index is 12.3. The lowest BCUT2D eigenvalue weighted by Crippen LogP contribution is -2.50. The van der Waals surface area contributed by atoms with E-state index in [4.69, 9.17) is 9.15 Å². The van der Waals surface area contributed by atoms with Crippen LogP contribution in [0.4, 0.5) is 5.69 Å². The van der Waals surface area contributed by atoms with Crippen LogP contribution < -0.4 is 15.4 Å². The zero-order chi connectivity index (χ0) is 21.3. The molecule has 30 heavy (non-hydrogen) atoms. The Morgan fingerprint density at radius 1 is 1.03 bits per heavy atom. The van der Waals surface area contributed by atoms with Gasteiger partial charge < -0.3 is 24.7 Å². The summed E-state index contributed by atoms with van der Waals surface area (Å²) in [6, 6.07) is 10.2. The number of carbonyl (C=O) groups excluding carboxylic acids is 3. The van der Waals surface area contributed by atoms with Gasteiger partial charge in [0.1, 0.15) is 5.75 Å². The van der Waals surface area contributed by atoms with Crippen LogP contribution in [0.15, 0.2) is 47.1 Å². The molecule has 3 rings (SSSR count). The van der Waals surface area contributed by atoms with Crippen LogP contribution in [0.2, 0.25) is 0 Å².